The summed E-state index contributed by atoms with van der Waals surface area (Å²) in [5.41, 5.74) is -0.507. The number of carbonyl (C=O) groups is 2. The van der Waals surface area contributed by atoms with Gasteiger partial charge < -0.3 is 15.4 Å². The van der Waals surface area contributed by atoms with Gasteiger partial charge in [-0.05, 0) is 40.2 Å². The summed E-state index contributed by atoms with van der Waals surface area (Å²) >= 11 is 0. The molecule has 0 aromatic heterocycles. The molecule has 16 heavy (non-hydrogen) atoms. The number of carbonyl (C=O) groups excluding carboxylic acids is 2. The Labute approximate surface area is 95.9 Å². The Hall–Kier alpha value is -1.10. The summed E-state index contributed by atoms with van der Waals surface area (Å²) in [6.07, 6.45) is 1.84. The lowest BCUT2D eigenvalue weighted by Crippen LogP contribution is -2.43. The zero-order chi connectivity index (χ0) is 12.2. The molecule has 1 aliphatic rings. The molecule has 0 unspecified atom stereocenters. The SMILES string of the molecule is CC(C)(C)OC(=O)CNC(=O)[C@@H]1CCCN1. The monoisotopic (exact) mass is 228 g/mol. The third kappa shape index (κ3) is 4.61. The van der Waals surface area contributed by atoms with Gasteiger partial charge in [-0.25, -0.2) is 0 Å². The second kappa shape index (κ2) is 5.30. The van der Waals surface area contributed by atoms with Gasteiger partial charge in [0.05, 0.1) is 6.04 Å². The zero-order valence-electron chi connectivity index (χ0n) is 10.1. The highest BCUT2D eigenvalue weighted by atomic mass is 16.6. The molecule has 0 aromatic carbocycles. The van der Waals surface area contributed by atoms with Gasteiger partial charge in [0.1, 0.15) is 12.1 Å². The van der Waals surface area contributed by atoms with E-state index in [9.17, 15) is 9.59 Å². The summed E-state index contributed by atoms with van der Waals surface area (Å²) in [6, 6.07) is -0.151. The van der Waals surface area contributed by atoms with Crippen LogP contribution in [0.15, 0.2) is 0 Å². The number of ether oxygens (including phenoxy) is 1. The summed E-state index contributed by atoms with van der Waals surface area (Å²) < 4.78 is 5.08. The molecule has 2 N–H and O–H groups in total. The van der Waals surface area contributed by atoms with Gasteiger partial charge in [-0.2, -0.15) is 0 Å². The molecule has 5 heteroatoms. The minimum absolute atomic E-state index is 0.0612. The quantitative estimate of drug-likeness (QED) is 0.677. The summed E-state index contributed by atoms with van der Waals surface area (Å²) in [4.78, 5) is 22.9. The van der Waals surface area contributed by atoms with Crippen LogP contribution in [0.1, 0.15) is 33.6 Å². The van der Waals surface area contributed by atoms with Crippen LogP contribution in [-0.4, -0.2) is 36.6 Å². The van der Waals surface area contributed by atoms with Gasteiger partial charge in [-0.1, -0.05) is 0 Å². The van der Waals surface area contributed by atoms with E-state index in [4.69, 9.17) is 4.74 Å². The lowest BCUT2D eigenvalue weighted by Gasteiger charge is -2.20. The molecule has 1 heterocycles. The predicted molar refractivity (Wildman–Crippen MR) is 59.9 cm³/mol. The lowest BCUT2D eigenvalue weighted by molar-refractivity contribution is -0.154. The molecule has 1 aliphatic heterocycles. The topological polar surface area (TPSA) is 67.4 Å². The smallest absolute Gasteiger partial charge is 0.325 e. The first-order valence-electron chi connectivity index (χ1n) is 5.61. The van der Waals surface area contributed by atoms with Crippen LogP contribution in [0, 0.1) is 0 Å². The van der Waals surface area contributed by atoms with E-state index in [1.165, 1.54) is 0 Å². The molecular formula is C11H20N2O3. The third-order valence-electron chi connectivity index (χ3n) is 2.20. The van der Waals surface area contributed by atoms with Gasteiger partial charge in [0.25, 0.3) is 0 Å². The van der Waals surface area contributed by atoms with Gasteiger partial charge in [-0.15, -0.1) is 0 Å². The molecule has 0 spiro atoms. The third-order valence-corrected chi connectivity index (χ3v) is 2.20. The zero-order valence-corrected chi connectivity index (χ0v) is 10.1. The van der Waals surface area contributed by atoms with Crippen LogP contribution >= 0.6 is 0 Å². The standard InChI is InChI=1S/C11H20N2O3/c1-11(2,3)16-9(14)7-13-10(15)8-5-4-6-12-8/h8,12H,4-7H2,1-3H3,(H,13,15)/t8-/m0/s1. The van der Waals surface area contributed by atoms with Crippen molar-refractivity contribution in [2.24, 2.45) is 0 Å². The maximum Gasteiger partial charge on any atom is 0.325 e. The highest BCUT2D eigenvalue weighted by Crippen LogP contribution is 2.07. The second-order valence-electron chi connectivity index (χ2n) is 4.95. The van der Waals surface area contributed by atoms with Crippen molar-refractivity contribution in [3.05, 3.63) is 0 Å². The van der Waals surface area contributed by atoms with Crippen LogP contribution < -0.4 is 10.6 Å². The first-order chi connectivity index (χ1) is 7.38. The van der Waals surface area contributed by atoms with Crippen LogP contribution in [0.4, 0.5) is 0 Å². The minimum atomic E-state index is -0.507. The van der Waals surface area contributed by atoms with Crippen LogP contribution in [0.3, 0.4) is 0 Å². The van der Waals surface area contributed by atoms with Crippen LogP contribution in [0.25, 0.3) is 0 Å². The summed E-state index contributed by atoms with van der Waals surface area (Å²) in [6.45, 7) is 6.19. The highest BCUT2D eigenvalue weighted by molar-refractivity contribution is 5.85. The number of amides is 1. The molecule has 1 atom stereocenters. The Kier molecular flexibility index (Phi) is 4.29. The predicted octanol–water partition coefficient (Wildman–Crippen LogP) is 0.196. The molecule has 0 bridgehead atoms. The minimum Gasteiger partial charge on any atom is -0.459 e. The molecule has 1 rings (SSSR count). The summed E-state index contributed by atoms with van der Waals surface area (Å²) in [5, 5.41) is 5.64. The molecule has 1 amide bonds. The Morgan fingerprint density at radius 3 is 2.62 bits per heavy atom. The van der Waals surface area contributed by atoms with E-state index in [2.05, 4.69) is 10.6 Å². The molecule has 1 saturated heterocycles. The molecular weight excluding hydrogens is 208 g/mol. The summed E-state index contributed by atoms with van der Waals surface area (Å²) in [7, 11) is 0. The van der Waals surface area contributed by atoms with E-state index in [1.54, 1.807) is 20.8 Å². The average Bonchev–Trinajstić information content (AvgIpc) is 2.64. The van der Waals surface area contributed by atoms with E-state index in [1.807, 2.05) is 0 Å². The van der Waals surface area contributed by atoms with E-state index in [-0.39, 0.29) is 18.5 Å². The Morgan fingerprint density at radius 2 is 2.12 bits per heavy atom. The van der Waals surface area contributed by atoms with Gasteiger partial charge in [0.2, 0.25) is 5.91 Å². The second-order valence-corrected chi connectivity index (χ2v) is 4.95. The first-order valence-corrected chi connectivity index (χ1v) is 5.61. The highest BCUT2D eigenvalue weighted by Gasteiger charge is 2.23. The molecule has 0 radical (unpaired) electrons. The van der Waals surface area contributed by atoms with E-state index in [0.29, 0.717) is 0 Å². The van der Waals surface area contributed by atoms with E-state index < -0.39 is 11.6 Å². The van der Waals surface area contributed by atoms with Crippen molar-refractivity contribution < 1.29 is 14.3 Å². The van der Waals surface area contributed by atoms with Crippen molar-refractivity contribution in [2.45, 2.75) is 45.3 Å². The summed E-state index contributed by atoms with van der Waals surface area (Å²) in [5.74, 6) is -0.526. The van der Waals surface area contributed by atoms with Gasteiger partial charge in [0, 0.05) is 0 Å². The van der Waals surface area contributed by atoms with E-state index in [0.717, 1.165) is 19.4 Å². The van der Waals surface area contributed by atoms with Crippen molar-refractivity contribution in [1.82, 2.24) is 10.6 Å². The number of hydrogen-bond donors (Lipinski definition) is 2. The van der Waals surface area contributed by atoms with Crippen LogP contribution in [0.2, 0.25) is 0 Å². The maximum absolute atomic E-state index is 11.5. The van der Waals surface area contributed by atoms with Crippen molar-refractivity contribution in [3.63, 3.8) is 0 Å². The molecule has 0 saturated carbocycles. The number of hydrogen-bond acceptors (Lipinski definition) is 4. The van der Waals surface area contributed by atoms with Crippen molar-refractivity contribution in [3.8, 4) is 0 Å². The average molecular weight is 228 g/mol. The largest absolute Gasteiger partial charge is 0.459 e. The Bertz CT molecular complexity index is 265. The van der Waals surface area contributed by atoms with Crippen molar-refractivity contribution >= 4 is 11.9 Å². The number of rotatable bonds is 3. The molecule has 0 aromatic rings. The van der Waals surface area contributed by atoms with Gasteiger partial charge >= 0.3 is 5.97 Å². The molecule has 1 fully saturated rings. The normalized spacial score (nSPS) is 20.6. The van der Waals surface area contributed by atoms with Gasteiger partial charge in [-0.3, -0.25) is 9.59 Å². The first kappa shape index (κ1) is 13.0. The molecule has 5 nitrogen and oxygen atoms in total. The fourth-order valence-corrected chi connectivity index (χ4v) is 1.57. The number of esters is 1. The van der Waals surface area contributed by atoms with Crippen molar-refractivity contribution in [2.75, 3.05) is 13.1 Å². The van der Waals surface area contributed by atoms with E-state index >= 15 is 0 Å². The Morgan fingerprint density at radius 1 is 1.44 bits per heavy atom. The Balaban J connectivity index is 2.23. The van der Waals surface area contributed by atoms with Crippen LogP contribution in [0.5, 0.6) is 0 Å². The van der Waals surface area contributed by atoms with Gasteiger partial charge in [0.15, 0.2) is 0 Å². The molecule has 92 valence electrons. The lowest BCUT2D eigenvalue weighted by atomic mass is 10.2. The maximum atomic E-state index is 11.5. The fourth-order valence-electron chi connectivity index (χ4n) is 1.57. The number of nitrogens with one attached hydrogen (secondary N) is 2. The molecule has 0 aliphatic carbocycles. The van der Waals surface area contributed by atoms with Crippen LogP contribution in [-0.2, 0) is 14.3 Å². The fraction of sp³-hybridized carbons (Fsp3) is 0.818. The van der Waals surface area contributed by atoms with Crippen molar-refractivity contribution in [1.29, 1.82) is 0 Å².